The van der Waals surface area contributed by atoms with Gasteiger partial charge < -0.3 is 14.8 Å². The molecule has 3 rings (SSSR count). The molecule has 1 aromatic heterocycles. The van der Waals surface area contributed by atoms with E-state index in [9.17, 15) is 4.79 Å². The molecule has 1 aliphatic heterocycles. The Bertz CT molecular complexity index is 703. The summed E-state index contributed by atoms with van der Waals surface area (Å²) in [5.41, 5.74) is 2.78. The molecular weight excluding hydrogens is 304 g/mol. The van der Waals surface area contributed by atoms with Gasteiger partial charge in [0.2, 0.25) is 0 Å². The van der Waals surface area contributed by atoms with Crippen LogP contribution in [0.3, 0.4) is 0 Å². The molecule has 5 nitrogen and oxygen atoms in total. The average molecular weight is 326 g/mol. The molecule has 1 N–H and O–H groups in total. The first-order chi connectivity index (χ1) is 11.7. The topological polar surface area (TPSA) is 60.5 Å². The van der Waals surface area contributed by atoms with Gasteiger partial charge >= 0.3 is 0 Å². The summed E-state index contributed by atoms with van der Waals surface area (Å²) in [5.74, 6) is 0.962. The van der Waals surface area contributed by atoms with E-state index in [4.69, 9.17) is 9.47 Å². The highest BCUT2D eigenvalue weighted by Gasteiger charge is 2.30. The lowest BCUT2D eigenvalue weighted by molar-refractivity contribution is 0.0924. The van der Waals surface area contributed by atoms with Crippen LogP contribution in [0, 0.1) is 12.8 Å². The first kappa shape index (κ1) is 16.5. The van der Waals surface area contributed by atoms with Crippen molar-refractivity contribution in [2.75, 3.05) is 20.3 Å². The molecular formula is C19H22N2O3. The van der Waals surface area contributed by atoms with Crippen molar-refractivity contribution in [3.8, 4) is 5.75 Å². The smallest absolute Gasteiger partial charge is 0.251 e. The van der Waals surface area contributed by atoms with E-state index in [1.54, 1.807) is 25.6 Å². The second-order valence-electron chi connectivity index (χ2n) is 6.12. The summed E-state index contributed by atoms with van der Waals surface area (Å²) in [6.45, 7) is 3.13. The number of aryl methyl sites for hydroxylation is 1. The van der Waals surface area contributed by atoms with Crippen molar-refractivity contribution in [2.24, 2.45) is 5.92 Å². The van der Waals surface area contributed by atoms with Gasteiger partial charge in [0.25, 0.3) is 5.91 Å². The molecule has 1 amide bonds. The zero-order chi connectivity index (χ0) is 16.9. The number of hydrogen-bond acceptors (Lipinski definition) is 4. The van der Waals surface area contributed by atoms with E-state index in [1.807, 2.05) is 31.2 Å². The van der Waals surface area contributed by atoms with Crippen LogP contribution in [0.5, 0.6) is 5.75 Å². The lowest BCUT2D eigenvalue weighted by Gasteiger charge is -2.20. The summed E-state index contributed by atoms with van der Waals surface area (Å²) in [6, 6.07) is 9.51. The SMILES string of the molecule is COc1ccc(C(=O)N[C@H]2COC[C@H]2Cc2ccncc2)c(C)c1. The van der Waals surface area contributed by atoms with Crippen molar-refractivity contribution in [3.05, 3.63) is 59.4 Å². The lowest BCUT2D eigenvalue weighted by Crippen LogP contribution is -2.40. The van der Waals surface area contributed by atoms with Crippen LogP contribution in [0.15, 0.2) is 42.7 Å². The van der Waals surface area contributed by atoms with Crippen LogP contribution in [0.4, 0.5) is 0 Å². The predicted octanol–water partition coefficient (Wildman–Crippen LogP) is 2.39. The highest BCUT2D eigenvalue weighted by Crippen LogP contribution is 2.21. The Hall–Kier alpha value is -2.40. The quantitative estimate of drug-likeness (QED) is 0.916. The minimum Gasteiger partial charge on any atom is -0.497 e. The lowest BCUT2D eigenvalue weighted by atomic mass is 9.95. The number of nitrogens with zero attached hydrogens (tertiary/aromatic N) is 1. The van der Waals surface area contributed by atoms with Crippen molar-refractivity contribution in [2.45, 2.75) is 19.4 Å². The Balaban J connectivity index is 1.67. The number of carbonyl (C=O) groups is 1. The van der Waals surface area contributed by atoms with Crippen LogP contribution in [-0.4, -0.2) is 37.3 Å². The van der Waals surface area contributed by atoms with E-state index in [0.717, 1.165) is 17.7 Å². The minimum absolute atomic E-state index is 0.0205. The number of amides is 1. The Morgan fingerprint density at radius 1 is 1.29 bits per heavy atom. The predicted molar refractivity (Wildman–Crippen MR) is 91.2 cm³/mol. The maximum absolute atomic E-state index is 12.6. The van der Waals surface area contributed by atoms with Gasteiger partial charge in [-0.2, -0.15) is 0 Å². The molecule has 1 aliphatic rings. The fourth-order valence-electron chi connectivity index (χ4n) is 3.04. The van der Waals surface area contributed by atoms with Gasteiger partial charge in [0.15, 0.2) is 0 Å². The number of pyridine rings is 1. The number of carbonyl (C=O) groups excluding carboxylic acids is 1. The molecule has 0 bridgehead atoms. The molecule has 5 heteroatoms. The molecule has 1 aromatic carbocycles. The maximum Gasteiger partial charge on any atom is 0.251 e. The van der Waals surface area contributed by atoms with Crippen molar-refractivity contribution in [1.82, 2.24) is 10.3 Å². The molecule has 0 aliphatic carbocycles. The Morgan fingerprint density at radius 3 is 2.79 bits per heavy atom. The van der Waals surface area contributed by atoms with Crippen LogP contribution in [0.2, 0.25) is 0 Å². The molecule has 126 valence electrons. The van der Waals surface area contributed by atoms with Gasteiger partial charge in [0.1, 0.15) is 5.75 Å². The van der Waals surface area contributed by atoms with Gasteiger partial charge in [-0.15, -0.1) is 0 Å². The second-order valence-corrected chi connectivity index (χ2v) is 6.12. The van der Waals surface area contributed by atoms with Crippen molar-refractivity contribution in [3.63, 3.8) is 0 Å². The largest absolute Gasteiger partial charge is 0.497 e. The molecule has 24 heavy (non-hydrogen) atoms. The van der Waals surface area contributed by atoms with Crippen LogP contribution < -0.4 is 10.1 Å². The Kier molecular flexibility index (Phi) is 5.11. The van der Waals surface area contributed by atoms with Gasteiger partial charge in [0, 0.05) is 23.9 Å². The third kappa shape index (κ3) is 3.74. The van der Waals surface area contributed by atoms with E-state index in [0.29, 0.717) is 18.8 Å². The second kappa shape index (κ2) is 7.45. The minimum atomic E-state index is -0.0645. The van der Waals surface area contributed by atoms with Gasteiger partial charge in [-0.1, -0.05) is 0 Å². The average Bonchev–Trinajstić information content (AvgIpc) is 3.02. The number of benzene rings is 1. The normalized spacial score (nSPS) is 19.9. The van der Waals surface area contributed by atoms with E-state index in [1.165, 1.54) is 5.56 Å². The highest BCUT2D eigenvalue weighted by molar-refractivity contribution is 5.96. The zero-order valence-electron chi connectivity index (χ0n) is 14.0. The van der Waals surface area contributed by atoms with E-state index in [2.05, 4.69) is 10.3 Å². The standard InChI is InChI=1S/C19H22N2O3/c1-13-9-16(23-2)3-4-17(13)19(22)21-18-12-24-11-15(18)10-14-5-7-20-8-6-14/h3-9,15,18H,10-12H2,1-2H3,(H,21,22)/t15-,18+/m1/s1. The van der Waals surface area contributed by atoms with Gasteiger partial charge in [-0.05, 0) is 54.8 Å². The fourth-order valence-corrected chi connectivity index (χ4v) is 3.04. The number of aromatic nitrogens is 1. The van der Waals surface area contributed by atoms with E-state index < -0.39 is 0 Å². The number of rotatable bonds is 5. The molecule has 1 saturated heterocycles. The third-order valence-corrected chi connectivity index (χ3v) is 4.44. The summed E-state index contributed by atoms with van der Waals surface area (Å²) < 4.78 is 10.8. The Labute approximate surface area is 142 Å². The monoisotopic (exact) mass is 326 g/mol. The van der Waals surface area contributed by atoms with E-state index in [-0.39, 0.29) is 17.9 Å². The van der Waals surface area contributed by atoms with Crippen LogP contribution in [0.1, 0.15) is 21.5 Å². The summed E-state index contributed by atoms with van der Waals surface area (Å²) >= 11 is 0. The summed E-state index contributed by atoms with van der Waals surface area (Å²) in [4.78, 5) is 16.6. The van der Waals surface area contributed by atoms with Crippen molar-refractivity contribution in [1.29, 1.82) is 0 Å². The molecule has 0 radical (unpaired) electrons. The molecule has 2 aromatic rings. The van der Waals surface area contributed by atoms with Crippen molar-refractivity contribution >= 4 is 5.91 Å². The molecule has 2 heterocycles. The molecule has 1 fully saturated rings. The first-order valence-corrected chi connectivity index (χ1v) is 8.09. The van der Waals surface area contributed by atoms with Crippen LogP contribution in [-0.2, 0) is 11.2 Å². The summed E-state index contributed by atoms with van der Waals surface area (Å²) in [5, 5.41) is 3.12. The first-order valence-electron chi connectivity index (χ1n) is 8.09. The number of nitrogens with one attached hydrogen (secondary N) is 1. The van der Waals surface area contributed by atoms with Gasteiger partial charge in [0.05, 0.1) is 26.4 Å². The number of hydrogen-bond donors (Lipinski definition) is 1. The van der Waals surface area contributed by atoms with Gasteiger partial charge in [-0.25, -0.2) is 0 Å². The van der Waals surface area contributed by atoms with Crippen LogP contribution in [0.25, 0.3) is 0 Å². The molecule has 2 atom stereocenters. The van der Waals surface area contributed by atoms with Crippen LogP contribution >= 0.6 is 0 Å². The Morgan fingerprint density at radius 2 is 2.08 bits per heavy atom. The summed E-state index contributed by atoms with van der Waals surface area (Å²) in [6.07, 6.45) is 4.45. The fraction of sp³-hybridized carbons (Fsp3) is 0.368. The van der Waals surface area contributed by atoms with Gasteiger partial charge in [-0.3, -0.25) is 9.78 Å². The number of ether oxygens (including phenoxy) is 2. The molecule has 0 spiro atoms. The molecule has 0 saturated carbocycles. The molecule has 0 unspecified atom stereocenters. The summed E-state index contributed by atoms with van der Waals surface area (Å²) in [7, 11) is 1.62. The highest BCUT2D eigenvalue weighted by atomic mass is 16.5. The van der Waals surface area contributed by atoms with Crippen molar-refractivity contribution < 1.29 is 14.3 Å². The number of methoxy groups -OCH3 is 1. The zero-order valence-corrected chi connectivity index (χ0v) is 14.0. The maximum atomic E-state index is 12.6. The van der Waals surface area contributed by atoms with E-state index >= 15 is 0 Å². The third-order valence-electron chi connectivity index (χ3n) is 4.44.